The first kappa shape index (κ1) is 12.6. The molecule has 0 saturated heterocycles. The molecule has 3 nitrogen and oxygen atoms in total. The van der Waals surface area contributed by atoms with Gasteiger partial charge in [-0.15, -0.1) is 0 Å². The van der Waals surface area contributed by atoms with Crippen molar-refractivity contribution >= 4 is 40.2 Å². The van der Waals surface area contributed by atoms with E-state index in [0.717, 1.165) is 3.57 Å². The fourth-order valence-corrected chi connectivity index (χ4v) is 2.11. The number of methoxy groups -OCH3 is 1. The van der Waals surface area contributed by atoms with Crippen LogP contribution in [0, 0.1) is 3.57 Å². The van der Waals surface area contributed by atoms with Crippen molar-refractivity contribution in [2.75, 3.05) is 13.7 Å². The molecule has 0 aliphatic carbocycles. The minimum Gasteiger partial charge on any atom is -0.493 e. The van der Waals surface area contributed by atoms with Crippen molar-refractivity contribution in [3.63, 3.8) is 0 Å². The fourth-order valence-electron chi connectivity index (χ4n) is 1.06. The van der Waals surface area contributed by atoms with Crippen molar-refractivity contribution in [2.45, 2.75) is 6.92 Å². The summed E-state index contributed by atoms with van der Waals surface area (Å²) in [5, 5.41) is 0.370. The molecule has 0 fully saturated rings. The quantitative estimate of drug-likeness (QED) is 0.626. The van der Waals surface area contributed by atoms with E-state index in [1.54, 1.807) is 12.1 Å². The van der Waals surface area contributed by atoms with E-state index in [4.69, 9.17) is 16.3 Å². The van der Waals surface area contributed by atoms with Gasteiger partial charge in [-0.1, -0.05) is 11.6 Å². The summed E-state index contributed by atoms with van der Waals surface area (Å²) in [4.78, 5) is 11.3. The Morgan fingerprint density at radius 3 is 2.73 bits per heavy atom. The molecule has 0 radical (unpaired) electrons. The van der Waals surface area contributed by atoms with Crippen molar-refractivity contribution in [1.82, 2.24) is 0 Å². The Bertz CT molecular complexity index is 379. The maximum absolute atomic E-state index is 11.3. The lowest BCUT2D eigenvalue weighted by molar-refractivity contribution is 0.0600. The first-order valence-electron chi connectivity index (χ1n) is 4.30. The molecule has 0 aliphatic heterocycles. The third kappa shape index (κ3) is 2.98. The zero-order valence-corrected chi connectivity index (χ0v) is 11.3. The van der Waals surface area contributed by atoms with Gasteiger partial charge in [-0.05, 0) is 41.6 Å². The molecule has 0 saturated carbocycles. The average Bonchev–Trinajstić information content (AvgIpc) is 2.21. The molecule has 0 amide bonds. The molecule has 0 bridgehead atoms. The van der Waals surface area contributed by atoms with Crippen LogP contribution in [0.2, 0.25) is 5.02 Å². The first-order valence-corrected chi connectivity index (χ1v) is 5.76. The minimum absolute atomic E-state index is 0.322. The molecule has 15 heavy (non-hydrogen) atoms. The number of halogens is 2. The van der Waals surface area contributed by atoms with Gasteiger partial charge in [0.25, 0.3) is 0 Å². The molecule has 0 N–H and O–H groups in total. The van der Waals surface area contributed by atoms with Crippen molar-refractivity contribution in [2.24, 2.45) is 0 Å². The Kier molecular flexibility index (Phi) is 4.66. The third-order valence-electron chi connectivity index (χ3n) is 1.73. The highest BCUT2D eigenvalue weighted by molar-refractivity contribution is 14.1. The van der Waals surface area contributed by atoms with Crippen LogP contribution in [0.25, 0.3) is 0 Å². The van der Waals surface area contributed by atoms with Crippen molar-refractivity contribution in [3.05, 3.63) is 26.3 Å². The van der Waals surface area contributed by atoms with Crippen LogP contribution in [0.1, 0.15) is 17.3 Å². The van der Waals surface area contributed by atoms with Gasteiger partial charge in [0.2, 0.25) is 0 Å². The number of ether oxygens (including phenoxy) is 2. The van der Waals surface area contributed by atoms with Crippen LogP contribution >= 0.6 is 34.2 Å². The molecule has 0 spiro atoms. The number of esters is 1. The Labute approximate surface area is 107 Å². The van der Waals surface area contributed by atoms with Gasteiger partial charge in [-0.2, -0.15) is 0 Å². The molecule has 1 aromatic carbocycles. The summed E-state index contributed by atoms with van der Waals surface area (Å²) in [7, 11) is 1.32. The number of carbonyl (C=O) groups excluding carboxylic acids is 1. The molecule has 5 heteroatoms. The van der Waals surface area contributed by atoms with E-state index in [1.807, 2.05) is 6.92 Å². The van der Waals surface area contributed by atoms with E-state index in [1.165, 1.54) is 7.11 Å². The third-order valence-corrected chi connectivity index (χ3v) is 2.88. The second-order valence-corrected chi connectivity index (χ2v) is 4.26. The minimum atomic E-state index is -0.461. The van der Waals surface area contributed by atoms with Gasteiger partial charge in [0.05, 0.1) is 27.9 Å². The molecule has 0 aromatic heterocycles. The maximum Gasteiger partial charge on any atom is 0.339 e. The number of hydrogen-bond acceptors (Lipinski definition) is 3. The molecule has 0 aliphatic rings. The highest BCUT2D eigenvalue weighted by Crippen LogP contribution is 2.28. The highest BCUT2D eigenvalue weighted by atomic mass is 127. The van der Waals surface area contributed by atoms with E-state index in [0.29, 0.717) is 22.9 Å². The van der Waals surface area contributed by atoms with Crippen LogP contribution < -0.4 is 4.74 Å². The highest BCUT2D eigenvalue weighted by Gasteiger charge is 2.14. The summed E-state index contributed by atoms with van der Waals surface area (Å²) in [6.45, 7) is 2.42. The molecular formula is C10H10ClIO3. The van der Waals surface area contributed by atoms with Crippen LogP contribution in [-0.2, 0) is 4.74 Å². The standard InChI is InChI=1S/C10H10ClIO3/c1-3-15-9-4-6(10(13)14-2)7(11)5-8(9)12/h4-5H,3H2,1-2H3. The summed E-state index contributed by atoms with van der Waals surface area (Å²) in [6.07, 6.45) is 0. The van der Waals surface area contributed by atoms with Crippen LogP contribution in [0.15, 0.2) is 12.1 Å². The molecule has 0 unspecified atom stereocenters. The van der Waals surface area contributed by atoms with Gasteiger partial charge in [-0.3, -0.25) is 0 Å². The Morgan fingerprint density at radius 2 is 2.20 bits per heavy atom. The summed E-state index contributed by atoms with van der Waals surface area (Å²) in [6, 6.07) is 3.28. The monoisotopic (exact) mass is 340 g/mol. The smallest absolute Gasteiger partial charge is 0.339 e. The van der Waals surface area contributed by atoms with Gasteiger partial charge in [0, 0.05) is 0 Å². The lowest BCUT2D eigenvalue weighted by Crippen LogP contribution is -2.04. The molecule has 0 atom stereocenters. The lowest BCUT2D eigenvalue weighted by Gasteiger charge is -2.09. The predicted molar refractivity (Wildman–Crippen MR) is 66.7 cm³/mol. The average molecular weight is 341 g/mol. The Morgan fingerprint density at radius 1 is 1.53 bits per heavy atom. The summed E-state index contributed by atoms with van der Waals surface area (Å²) >= 11 is 8.01. The van der Waals surface area contributed by atoms with Gasteiger partial charge >= 0.3 is 5.97 Å². The van der Waals surface area contributed by atoms with Crippen molar-refractivity contribution in [3.8, 4) is 5.75 Å². The summed E-state index contributed by atoms with van der Waals surface area (Å²) in [5.74, 6) is 0.181. The van der Waals surface area contributed by atoms with E-state index in [2.05, 4.69) is 27.3 Å². The first-order chi connectivity index (χ1) is 7.10. The van der Waals surface area contributed by atoms with Crippen LogP contribution in [0.3, 0.4) is 0 Å². The van der Waals surface area contributed by atoms with Gasteiger partial charge in [0.15, 0.2) is 0 Å². The second-order valence-electron chi connectivity index (χ2n) is 2.69. The Hall–Kier alpha value is -0.490. The van der Waals surface area contributed by atoms with Crippen LogP contribution in [0.5, 0.6) is 5.75 Å². The topological polar surface area (TPSA) is 35.5 Å². The normalized spacial score (nSPS) is 9.87. The van der Waals surface area contributed by atoms with Gasteiger partial charge in [-0.25, -0.2) is 4.79 Å². The van der Waals surface area contributed by atoms with E-state index in [-0.39, 0.29) is 0 Å². The molecule has 0 heterocycles. The second kappa shape index (κ2) is 5.55. The SMILES string of the molecule is CCOc1cc(C(=O)OC)c(Cl)cc1I. The van der Waals surface area contributed by atoms with Crippen LogP contribution in [0.4, 0.5) is 0 Å². The number of benzene rings is 1. The summed E-state index contributed by atoms with van der Waals surface area (Å²) < 4.78 is 10.8. The zero-order chi connectivity index (χ0) is 11.4. The van der Waals surface area contributed by atoms with Crippen LogP contribution in [-0.4, -0.2) is 19.7 Å². The summed E-state index contributed by atoms with van der Waals surface area (Å²) in [5.41, 5.74) is 0.322. The van der Waals surface area contributed by atoms with Gasteiger partial charge in [0.1, 0.15) is 5.75 Å². The van der Waals surface area contributed by atoms with E-state index in [9.17, 15) is 4.79 Å². The predicted octanol–water partition coefficient (Wildman–Crippen LogP) is 3.13. The van der Waals surface area contributed by atoms with Crippen molar-refractivity contribution < 1.29 is 14.3 Å². The molecule has 1 rings (SSSR count). The number of hydrogen-bond donors (Lipinski definition) is 0. The van der Waals surface area contributed by atoms with Crippen molar-refractivity contribution in [1.29, 1.82) is 0 Å². The fraction of sp³-hybridized carbons (Fsp3) is 0.300. The van der Waals surface area contributed by atoms with E-state index >= 15 is 0 Å². The van der Waals surface area contributed by atoms with Gasteiger partial charge < -0.3 is 9.47 Å². The number of rotatable bonds is 3. The molecule has 82 valence electrons. The largest absolute Gasteiger partial charge is 0.493 e. The molecular weight excluding hydrogens is 330 g/mol. The zero-order valence-electron chi connectivity index (χ0n) is 8.34. The number of carbonyl (C=O) groups is 1. The van der Waals surface area contributed by atoms with E-state index < -0.39 is 5.97 Å². The lowest BCUT2D eigenvalue weighted by atomic mass is 10.2. The maximum atomic E-state index is 11.3. The Balaban J connectivity index is 3.17. The molecule has 1 aromatic rings.